The molecule has 1 aliphatic rings. The molecule has 0 atom stereocenters. The van der Waals surface area contributed by atoms with Gasteiger partial charge in [0.2, 0.25) is 5.96 Å². The van der Waals surface area contributed by atoms with Gasteiger partial charge in [0.15, 0.2) is 0 Å². The third-order valence-corrected chi connectivity index (χ3v) is 1.33. The molecule has 1 aliphatic heterocycles. The zero-order valence-electron chi connectivity index (χ0n) is 7.03. The summed E-state index contributed by atoms with van der Waals surface area (Å²) < 4.78 is 0. The van der Waals surface area contributed by atoms with E-state index in [1.54, 1.807) is 0 Å². The highest BCUT2D eigenvalue weighted by atomic mass is 16.3. The van der Waals surface area contributed by atoms with Gasteiger partial charge in [-0.3, -0.25) is 10.1 Å². The number of aliphatic imine (C=N–C) groups is 1. The Hall–Kier alpha value is -1.56. The quantitative estimate of drug-likeness (QED) is 0.468. The van der Waals surface area contributed by atoms with Gasteiger partial charge in [-0.2, -0.15) is 0 Å². The third kappa shape index (κ3) is 2.75. The van der Waals surface area contributed by atoms with Crippen LogP contribution in [0.3, 0.4) is 0 Å². The second kappa shape index (κ2) is 4.46. The fraction of sp³-hybridized carbons (Fsp3) is 0.429. The van der Waals surface area contributed by atoms with Crippen molar-refractivity contribution < 1.29 is 9.90 Å². The summed E-state index contributed by atoms with van der Waals surface area (Å²) in [6, 6.07) is 0. The first-order chi connectivity index (χ1) is 6.24. The van der Waals surface area contributed by atoms with E-state index >= 15 is 0 Å². The highest BCUT2D eigenvalue weighted by Crippen LogP contribution is 2.00. The van der Waals surface area contributed by atoms with Crippen molar-refractivity contribution in [1.82, 2.24) is 5.32 Å². The summed E-state index contributed by atoms with van der Waals surface area (Å²) in [6.07, 6.45) is 0.538. The van der Waals surface area contributed by atoms with E-state index in [1.807, 2.05) is 0 Å². The maximum atomic E-state index is 10.9. The lowest BCUT2D eigenvalue weighted by molar-refractivity contribution is -0.116. The molecule has 1 amide bonds. The topological polar surface area (TPSA) is 86.4 Å². The second-order valence-corrected chi connectivity index (χ2v) is 2.38. The normalized spacial score (nSPS) is 19.3. The molecule has 0 spiro atoms. The highest BCUT2D eigenvalue weighted by Gasteiger charge is 2.13. The number of nitrogens with zero attached hydrogens (tertiary/aromatic N) is 3. The van der Waals surface area contributed by atoms with E-state index in [2.05, 4.69) is 27.1 Å². The number of azo groups is 1. The minimum Gasteiger partial charge on any atom is -0.396 e. The van der Waals surface area contributed by atoms with Gasteiger partial charge in [0.1, 0.15) is 5.70 Å². The predicted octanol–water partition coefficient (Wildman–Crippen LogP) is -0.180. The molecule has 0 saturated heterocycles. The standard InChI is InChI=1S/C7H10N4O2/c1-5-6(13)9-7(11-10-5)8-3-2-4-12/h12H,1-4H2,(H,8,9,13). The lowest BCUT2D eigenvalue weighted by atomic mass is 10.4. The molecule has 0 radical (unpaired) electrons. The van der Waals surface area contributed by atoms with Gasteiger partial charge in [0.05, 0.1) is 0 Å². The van der Waals surface area contributed by atoms with Crippen LogP contribution in [0.1, 0.15) is 6.42 Å². The number of aliphatic hydroxyl groups is 1. The van der Waals surface area contributed by atoms with Gasteiger partial charge in [-0.25, -0.2) is 4.99 Å². The highest BCUT2D eigenvalue weighted by molar-refractivity contribution is 6.06. The van der Waals surface area contributed by atoms with Crippen LogP contribution < -0.4 is 5.32 Å². The van der Waals surface area contributed by atoms with Crippen LogP contribution in [-0.2, 0) is 4.79 Å². The molecule has 70 valence electrons. The number of carbonyl (C=O) groups excluding carboxylic acids is 1. The molecule has 0 aromatic rings. The number of nitrogens with one attached hydrogen (secondary N) is 1. The summed E-state index contributed by atoms with van der Waals surface area (Å²) >= 11 is 0. The summed E-state index contributed by atoms with van der Waals surface area (Å²) in [5.41, 5.74) is 0.0705. The van der Waals surface area contributed by atoms with Gasteiger partial charge < -0.3 is 5.11 Å². The molecule has 0 bridgehead atoms. The molecule has 0 aliphatic carbocycles. The van der Waals surface area contributed by atoms with E-state index in [-0.39, 0.29) is 18.3 Å². The van der Waals surface area contributed by atoms with Crippen LogP contribution in [0, 0.1) is 0 Å². The lowest BCUT2D eigenvalue weighted by Crippen LogP contribution is -2.32. The van der Waals surface area contributed by atoms with Crippen LogP contribution >= 0.6 is 0 Å². The maximum Gasteiger partial charge on any atom is 0.277 e. The minimum absolute atomic E-state index is 0.0641. The Labute approximate surface area is 75.1 Å². The monoisotopic (exact) mass is 182 g/mol. The van der Waals surface area contributed by atoms with Crippen molar-refractivity contribution in [1.29, 1.82) is 0 Å². The number of hydrogen-bond acceptors (Lipinski definition) is 4. The van der Waals surface area contributed by atoms with E-state index in [0.717, 1.165) is 0 Å². The summed E-state index contributed by atoms with van der Waals surface area (Å²) in [6.45, 7) is 3.84. The van der Waals surface area contributed by atoms with Crippen molar-refractivity contribution in [2.24, 2.45) is 15.2 Å². The Balaban J connectivity index is 2.54. The molecule has 0 fully saturated rings. The third-order valence-electron chi connectivity index (χ3n) is 1.33. The molecule has 0 saturated carbocycles. The number of rotatable bonds is 3. The zero-order chi connectivity index (χ0) is 9.68. The maximum absolute atomic E-state index is 10.9. The van der Waals surface area contributed by atoms with Crippen molar-refractivity contribution in [2.75, 3.05) is 13.2 Å². The smallest absolute Gasteiger partial charge is 0.277 e. The molecule has 1 heterocycles. The van der Waals surface area contributed by atoms with Crippen LogP contribution in [0.4, 0.5) is 0 Å². The summed E-state index contributed by atoms with van der Waals surface area (Å²) in [5.74, 6) is -0.219. The van der Waals surface area contributed by atoms with Crippen LogP contribution in [0.2, 0.25) is 0 Å². The van der Waals surface area contributed by atoms with Gasteiger partial charge in [0, 0.05) is 13.2 Å². The number of amides is 1. The van der Waals surface area contributed by atoms with Crippen LogP contribution in [-0.4, -0.2) is 30.1 Å². The molecule has 0 aromatic heterocycles. The molecule has 1 rings (SSSR count). The van der Waals surface area contributed by atoms with E-state index in [9.17, 15) is 4.79 Å². The average molecular weight is 182 g/mol. The lowest BCUT2D eigenvalue weighted by Gasteiger charge is -2.07. The molecule has 2 N–H and O–H groups in total. The molecular formula is C7H10N4O2. The summed E-state index contributed by atoms with van der Waals surface area (Å²) in [7, 11) is 0. The van der Waals surface area contributed by atoms with Gasteiger partial charge >= 0.3 is 0 Å². The number of carbonyl (C=O) groups is 1. The number of aliphatic hydroxyl groups excluding tert-OH is 1. The summed E-state index contributed by atoms with van der Waals surface area (Å²) in [4.78, 5) is 14.8. The first-order valence-electron chi connectivity index (χ1n) is 3.81. The van der Waals surface area contributed by atoms with Crippen LogP contribution in [0.5, 0.6) is 0 Å². The fourth-order valence-electron chi connectivity index (χ4n) is 0.679. The molecule has 6 nitrogen and oxygen atoms in total. The van der Waals surface area contributed by atoms with Crippen molar-refractivity contribution in [3.05, 3.63) is 12.3 Å². The minimum atomic E-state index is -0.391. The fourth-order valence-corrected chi connectivity index (χ4v) is 0.679. The Bertz CT molecular complexity index is 282. The first kappa shape index (κ1) is 9.53. The molecule has 13 heavy (non-hydrogen) atoms. The van der Waals surface area contributed by atoms with Gasteiger partial charge in [-0.15, -0.1) is 10.2 Å². The number of guanidine groups is 1. The largest absolute Gasteiger partial charge is 0.396 e. The Kier molecular flexibility index (Phi) is 3.27. The predicted molar refractivity (Wildman–Crippen MR) is 46.1 cm³/mol. The van der Waals surface area contributed by atoms with Gasteiger partial charge in [-0.1, -0.05) is 6.58 Å². The van der Waals surface area contributed by atoms with E-state index in [4.69, 9.17) is 5.11 Å². The average Bonchev–Trinajstić information content (AvgIpc) is 2.12. The zero-order valence-corrected chi connectivity index (χ0v) is 7.03. The van der Waals surface area contributed by atoms with Gasteiger partial charge in [0.25, 0.3) is 5.91 Å². The second-order valence-electron chi connectivity index (χ2n) is 2.38. The summed E-state index contributed by atoms with van der Waals surface area (Å²) in [5, 5.41) is 18.0. The first-order valence-corrected chi connectivity index (χ1v) is 3.81. The Morgan fingerprint density at radius 3 is 2.92 bits per heavy atom. The van der Waals surface area contributed by atoms with Crippen molar-refractivity contribution in [3.63, 3.8) is 0 Å². The SMILES string of the molecule is C=C1N=NC(=NCCCO)NC1=O. The van der Waals surface area contributed by atoms with Crippen molar-refractivity contribution >= 4 is 11.9 Å². The molecule has 0 unspecified atom stereocenters. The van der Waals surface area contributed by atoms with E-state index < -0.39 is 5.91 Å². The van der Waals surface area contributed by atoms with Crippen LogP contribution in [0.25, 0.3) is 0 Å². The van der Waals surface area contributed by atoms with Crippen LogP contribution in [0.15, 0.2) is 27.5 Å². The van der Waals surface area contributed by atoms with E-state index in [0.29, 0.717) is 13.0 Å². The molecule has 6 heteroatoms. The Morgan fingerprint density at radius 1 is 1.54 bits per heavy atom. The van der Waals surface area contributed by atoms with E-state index in [1.165, 1.54) is 0 Å². The molecular weight excluding hydrogens is 172 g/mol. The van der Waals surface area contributed by atoms with Crippen molar-refractivity contribution in [2.45, 2.75) is 6.42 Å². The Morgan fingerprint density at radius 2 is 2.31 bits per heavy atom. The van der Waals surface area contributed by atoms with Crippen molar-refractivity contribution in [3.8, 4) is 0 Å². The molecule has 0 aromatic carbocycles. The van der Waals surface area contributed by atoms with Gasteiger partial charge in [-0.05, 0) is 6.42 Å². The number of hydrogen-bond donors (Lipinski definition) is 2.